The molecule has 0 aliphatic heterocycles. The topological polar surface area (TPSA) is 127 Å². The summed E-state index contributed by atoms with van der Waals surface area (Å²) in [5.41, 5.74) is 6.28. The Labute approximate surface area is 137 Å². The van der Waals surface area contributed by atoms with E-state index in [1.54, 1.807) is 0 Å². The molecule has 0 saturated heterocycles. The lowest BCUT2D eigenvalue weighted by molar-refractivity contribution is -0.114. The Bertz CT molecular complexity index is 1090. The lowest BCUT2D eigenvalue weighted by atomic mass is 10.3. The number of H-pyrrole nitrogens is 1. The molecule has 0 radical (unpaired) electrons. The minimum Gasteiger partial charge on any atom is -0.399 e. The van der Waals surface area contributed by atoms with Gasteiger partial charge in [0.2, 0.25) is 5.91 Å². The second kappa shape index (κ2) is 5.53. The lowest BCUT2D eigenvalue weighted by Gasteiger charge is -2.07. The number of amides is 1. The maximum Gasteiger partial charge on any atom is 0.340 e. The summed E-state index contributed by atoms with van der Waals surface area (Å²) in [7, 11) is -4.09. The number of carbonyl (C=O) groups is 1. The Morgan fingerprint density at radius 2 is 1.83 bits per heavy atom. The predicted octanol–water partition coefficient (Wildman–Crippen LogP) is 1.11. The zero-order chi connectivity index (χ0) is 17.5. The number of anilines is 2. The van der Waals surface area contributed by atoms with E-state index in [9.17, 15) is 18.0 Å². The fraction of sp³-hybridized carbons (Fsp3) is 0.0667. The first kappa shape index (κ1) is 15.8. The van der Waals surface area contributed by atoms with Crippen molar-refractivity contribution < 1.29 is 13.2 Å². The summed E-state index contributed by atoms with van der Waals surface area (Å²) < 4.78 is 26.2. The highest BCUT2D eigenvalue weighted by atomic mass is 32.2. The molecule has 0 bridgehead atoms. The lowest BCUT2D eigenvalue weighted by Crippen LogP contribution is -2.25. The third-order valence-corrected chi connectivity index (χ3v) is 5.09. The van der Waals surface area contributed by atoms with Crippen molar-refractivity contribution in [3.8, 4) is 0 Å². The summed E-state index contributed by atoms with van der Waals surface area (Å²) in [6, 6.07) is 10.0. The first-order chi connectivity index (χ1) is 11.3. The Morgan fingerprint density at radius 1 is 1.17 bits per heavy atom. The highest BCUT2D eigenvalue weighted by molar-refractivity contribution is 7.90. The van der Waals surface area contributed by atoms with Crippen LogP contribution in [-0.4, -0.2) is 23.3 Å². The van der Waals surface area contributed by atoms with Gasteiger partial charge in [-0.1, -0.05) is 0 Å². The van der Waals surface area contributed by atoms with Gasteiger partial charge in [0, 0.05) is 18.3 Å². The zero-order valence-electron chi connectivity index (χ0n) is 12.6. The van der Waals surface area contributed by atoms with Crippen molar-refractivity contribution in [3.63, 3.8) is 0 Å². The van der Waals surface area contributed by atoms with Gasteiger partial charge in [-0.25, -0.2) is 13.2 Å². The number of imidazole rings is 1. The number of hydrogen-bond acceptors (Lipinski definition) is 5. The fourth-order valence-corrected chi connectivity index (χ4v) is 3.74. The fourth-order valence-electron chi connectivity index (χ4n) is 2.36. The van der Waals surface area contributed by atoms with E-state index in [0.717, 1.165) is 0 Å². The van der Waals surface area contributed by atoms with E-state index < -0.39 is 15.7 Å². The van der Waals surface area contributed by atoms with E-state index in [1.807, 2.05) is 0 Å². The molecule has 9 heteroatoms. The third-order valence-electron chi connectivity index (χ3n) is 3.38. The molecular formula is C15H14N4O4S. The molecule has 1 aromatic heterocycles. The molecule has 3 rings (SSSR count). The molecule has 0 atom stereocenters. The van der Waals surface area contributed by atoms with Gasteiger partial charge in [0.15, 0.2) is 0 Å². The molecule has 4 N–H and O–H groups in total. The summed E-state index contributed by atoms with van der Waals surface area (Å²) in [4.78, 5) is 25.5. The molecule has 0 aliphatic rings. The van der Waals surface area contributed by atoms with Crippen LogP contribution >= 0.6 is 0 Å². The summed E-state index contributed by atoms with van der Waals surface area (Å²) in [5.74, 6) is -0.268. The molecule has 0 fully saturated rings. The van der Waals surface area contributed by atoms with Gasteiger partial charge < -0.3 is 16.0 Å². The minimum atomic E-state index is -4.09. The van der Waals surface area contributed by atoms with Gasteiger partial charge in [-0.15, -0.1) is 0 Å². The number of nitrogens with one attached hydrogen (secondary N) is 2. The summed E-state index contributed by atoms with van der Waals surface area (Å²) in [5, 5.41) is 2.54. The van der Waals surface area contributed by atoms with Gasteiger partial charge in [-0.05, 0) is 42.5 Å². The monoisotopic (exact) mass is 346 g/mol. The first-order valence-electron chi connectivity index (χ1n) is 6.92. The third kappa shape index (κ3) is 2.65. The van der Waals surface area contributed by atoms with Crippen LogP contribution in [0.15, 0.2) is 52.2 Å². The standard InChI is InChI=1S/C15H14N4O4S/c1-9(20)17-11-3-5-12(6-4-11)24(22,23)19-14-7-2-10(16)8-13(14)18-15(19)21/h2-8H,16H2,1H3,(H,17,20)(H,18,21). The first-order valence-corrected chi connectivity index (χ1v) is 8.36. The van der Waals surface area contributed by atoms with Crippen LogP contribution in [0, 0.1) is 0 Å². The highest BCUT2D eigenvalue weighted by Crippen LogP contribution is 2.21. The number of aromatic nitrogens is 2. The van der Waals surface area contributed by atoms with Gasteiger partial charge in [0.05, 0.1) is 15.9 Å². The van der Waals surface area contributed by atoms with Crippen molar-refractivity contribution in [1.29, 1.82) is 0 Å². The van der Waals surface area contributed by atoms with Crippen LogP contribution in [0.3, 0.4) is 0 Å². The van der Waals surface area contributed by atoms with Crippen LogP contribution in [0.2, 0.25) is 0 Å². The van der Waals surface area contributed by atoms with Crippen molar-refractivity contribution in [2.24, 2.45) is 0 Å². The van der Waals surface area contributed by atoms with E-state index in [-0.39, 0.29) is 16.3 Å². The number of nitrogen functional groups attached to an aromatic ring is 1. The van der Waals surface area contributed by atoms with Gasteiger partial charge in [-0.3, -0.25) is 4.79 Å². The average molecular weight is 346 g/mol. The molecule has 0 saturated carbocycles. The number of nitrogens with zero attached hydrogens (tertiary/aromatic N) is 1. The molecule has 2 aromatic carbocycles. The van der Waals surface area contributed by atoms with Crippen LogP contribution in [0.5, 0.6) is 0 Å². The highest BCUT2D eigenvalue weighted by Gasteiger charge is 2.22. The van der Waals surface area contributed by atoms with Crippen molar-refractivity contribution >= 4 is 38.3 Å². The van der Waals surface area contributed by atoms with E-state index in [2.05, 4.69) is 10.3 Å². The molecule has 0 aliphatic carbocycles. The van der Waals surface area contributed by atoms with E-state index in [1.165, 1.54) is 49.4 Å². The molecule has 3 aromatic rings. The summed E-state index contributed by atoms with van der Waals surface area (Å²) in [6.45, 7) is 1.35. The van der Waals surface area contributed by atoms with Gasteiger partial charge in [0.25, 0.3) is 10.0 Å². The smallest absolute Gasteiger partial charge is 0.340 e. The summed E-state index contributed by atoms with van der Waals surface area (Å²) >= 11 is 0. The molecule has 24 heavy (non-hydrogen) atoms. The predicted molar refractivity (Wildman–Crippen MR) is 90.3 cm³/mol. The SMILES string of the molecule is CC(=O)Nc1ccc(S(=O)(=O)n2c(=O)[nH]c3cc(N)ccc32)cc1. The van der Waals surface area contributed by atoms with E-state index >= 15 is 0 Å². The second-order valence-electron chi connectivity index (χ2n) is 5.18. The maximum atomic E-state index is 12.8. The van der Waals surface area contributed by atoms with Crippen LogP contribution in [0.1, 0.15) is 6.92 Å². The quantitative estimate of drug-likeness (QED) is 0.612. The molecule has 124 valence electrons. The number of hydrogen-bond donors (Lipinski definition) is 3. The van der Waals surface area contributed by atoms with Crippen molar-refractivity contribution in [1.82, 2.24) is 8.96 Å². The van der Waals surface area contributed by atoms with Gasteiger partial charge in [-0.2, -0.15) is 3.97 Å². The van der Waals surface area contributed by atoms with E-state index in [4.69, 9.17) is 5.73 Å². The van der Waals surface area contributed by atoms with Crippen molar-refractivity contribution in [2.45, 2.75) is 11.8 Å². The average Bonchev–Trinajstić information content (AvgIpc) is 2.82. The Balaban J connectivity index is 2.13. The summed E-state index contributed by atoms with van der Waals surface area (Å²) in [6.07, 6.45) is 0. The molecule has 0 spiro atoms. The largest absolute Gasteiger partial charge is 0.399 e. The number of aromatic amines is 1. The zero-order valence-corrected chi connectivity index (χ0v) is 13.4. The molecular weight excluding hydrogens is 332 g/mol. The number of benzene rings is 2. The Morgan fingerprint density at radius 3 is 2.46 bits per heavy atom. The molecule has 8 nitrogen and oxygen atoms in total. The van der Waals surface area contributed by atoms with E-state index in [0.29, 0.717) is 20.9 Å². The van der Waals surface area contributed by atoms with Crippen LogP contribution in [0.4, 0.5) is 11.4 Å². The van der Waals surface area contributed by atoms with Gasteiger partial charge >= 0.3 is 5.69 Å². The van der Waals surface area contributed by atoms with Crippen LogP contribution < -0.4 is 16.7 Å². The minimum absolute atomic E-state index is 0.0728. The number of rotatable bonds is 3. The molecule has 0 unspecified atom stereocenters. The van der Waals surface area contributed by atoms with Crippen molar-refractivity contribution in [3.05, 3.63) is 52.9 Å². The molecule has 1 amide bonds. The van der Waals surface area contributed by atoms with Crippen LogP contribution in [0.25, 0.3) is 11.0 Å². The Kier molecular flexibility index (Phi) is 3.64. The number of fused-ring (bicyclic) bond motifs is 1. The second-order valence-corrected chi connectivity index (χ2v) is 6.97. The van der Waals surface area contributed by atoms with Crippen LogP contribution in [-0.2, 0) is 14.8 Å². The Hall–Kier alpha value is -3.07. The normalized spacial score (nSPS) is 11.5. The van der Waals surface area contributed by atoms with Crippen molar-refractivity contribution in [2.75, 3.05) is 11.1 Å². The maximum absolute atomic E-state index is 12.8. The number of carbonyl (C=O) groups excluding carboxylic acids is 1. The molecule has 1 heterocycles. The number of nitrogens with two attached hydrogens (primary N) is 1. The van der Waals surface area contributed by atoms with Gasteiger partial charge in [0.1, 0.15) is 0 Å².